The van der Waals surface area contributed by atoms with Gasteiger partial charge in [0.05, 0.1) is 17.5 Å². The number of aromatic nitrogens is 2. The molecule has 2 saturated carbocycles. The van der Waals surface area contributed by atoms with E-state index in [-0.39, 0.29) is 24.7 Å². The summed E-state index contributed by atoms with van der Waals surface area (Å²) < 4.78 is 73.9. The highest BCUT2D eigenvalue weighted by Crippen LogP contribution is 2.52. The lowest BCUT2D eigenvalue weighted by Crippen LogP contribution is -2.33. The molecule has 1 N–H and O–H groups in total. The molecule has 0 amide bonds. The number of nitrogens with zero attached hydrogens (tertiary/aromatic N) is 2. The third kappa shape index (κ3) is 3.99. The number of halogens is 3. The Bertz CT molecular complexity index is 1530. The molecule has 4 aromatic rings. The van der Waals surface area contributed by atoms with Crippen LogP contribution in [0.4, 0.5) is 18.9 Å². The van der Waals surface area contributed by atoms with Gasteiger partial charge in [-0.05, 0) is 54.7 Å². The summed E-state index contributed by atoms with van der Waals surface area (Å²) in [6, 6.07) is 9.37. The van der Waals surface area contributed by atoms with E-state index in [4.69, 9.17) is 4.42 Å². The Labute approximate surface area is 199 Å². The van der Waals surface area contributed by atoms with E-state index in [1.807, 2.05) is 6.07 Å². The summed E-state index contributed by atoms with van der Waals surface area (Å²) in [6.07, 6.45) is 5.77. The molecule has 2 aromatic heterocycles. The molecule has 1 atom stereocenters. The number of fused-ring (bicyclic) bond motifs is 1. The van der Waals surface area contributed by atoms with Gasteiger partial charge in [0.2, 0.25) is 10.0 Å². The van der Waals surface area contributed by atoms with Crippen LogP contribution in [0.1, 0.15) is 30.7 Å². The predicted octanol–water partition coefficient (Wildman–Crippen LogP) is 5.93. The first-order chi connectivity index (χ1) is 16.6. The van der Waals surface area contributed by atoms with Crippen molar-refractivity contribution in [3.05, 3.63) is 60.2 Å². The summed E-state index contributed by atoms with van der Waals surface area (Å²) in [7, 11) is -3.83. The molecule has 2 aromatic carbocycles. The first-order valence-corrected chi connectivity index (χ1v) is 13.2. The lowest BCUT2D eigenvalue weighted by molar-refractivity contribution is 0.101. The Hall–Kier alpha value is -3.27. The molecule has 35 heavy (non-hydrogen) atoms. The SMILES string of the molecule is CS(=O)(=O)N(CC1CC1(F)F)c1cc2oc(-c3ccc(F)cc3)c(-c3ncc[nH]3)c2cc1C1CC1. The summed E-state index contributed by atoms with van der Waals surface area (Å²) in [5, 5.41) is 0.718. The smallest absolute Gasteiger partial charge is 0.253 e. The van der Waals surface area contributed by atoms with E-state index in [9.17, 15) is 21.6 Å². The Kier molecular flexibility index (Phi) is 4.83. The molecule has 182 valence electrons. The number of rotatable bonds is 7. The minimum atomic E-state index is -3.83. The van der Waals surface area contributed by atoms with Crippen LogP contribution in [0.15, 0.2) is 53.2 Å². The molecular weight excluding hydrogens is 479 g/mol. The molecule has 2 heterocycles. The van der Waals surface area contributed by atoms with Gasteiger partial charge in [0, 0.05) is 48.3 Å². The average Bonchev–Trinajstić information content (AvgIpc) is 3.61. The Balaban J connectivity index is 1.57. The van der Waals surface area contributed by atoms with Crippen LogP contribution in [0.5, 0.6) is 0 Å². The van der Waals surface area contributed by atoms with Crippen molar-refractivity contribution in [2.24, 2.45) is 5.92 Å². The van der Waals surface area contributed by atoms with Crippen molar-refractivity contribution in [3.8, 4) is 22.7 Å². The lowest BCUT2D eigenvalue weighted by atomic mass is 10.0. The highest BCUT2D eigenvalue weighted by Gasteiger charge is 2.58. The molecule has 2 aliphatic carbocycles. The molecular formula is C25H22F3N3O3S. The second kappa shape index (κ2) is 7.61. The van der Waals surface area contributed by atoms with Crippen LogP contribution in [0.3, 0.4) is 0 Å². The molecule has 0 bridgehead atoms. The fraction of sp³-hybridized carbons (Fsp3) is 0.320. The number of hydrogen-bond acceptors (Lipinski definition) is 4. The van der Waals surface area contributed by atoms with E-state index < -0.39 is 21.9 Å². The molecule has 6 rings (SSSR count). The Morgan fingerprint density at radius 3 is 2.49 bits per heavy atom. The van der Waals surface area contributed by atoms with Crippen LogP contribution in [0.2, 0.25) is 0 Å². The van der Waals surface area contributed by atoms with Gasteiger partial charge in [-0.2, -0.15) is 0 Å². The summed E-state index contributed by atoms with van der Waals surface area (Å²) in [4.78, 5) is 7.47. The number of aromatic amines is 1. The third-order valence-electron chi connectivity index (χ3n) is 6.71. The minimum absolute atomic E-state index is 0.131. The van der Waals surface area contributed by atoms with Crippen LogP contribution in [0.25, 0.3) is 33.7 Å². The summed E-state index contributed by atoms with van der Waals surface area (Å²) >= 11 is 0. The number of sulfonamides is 1. The van der Waals surface area contributed by atoms with Crippen molar-refractivity contribution in [2.45, 2.75) is 31.1 Å². The van der Waals surface area contributed by atoms with Crippen molar-refractivity contribution in [2.75, 3.05) is 17.1 Å². The van der Waals surface area contributed by atoms with Gasteiger partial charge in [-0.25, -0.2) is 26.6 Å². The minimum Gasteiger partial charge on any atom is -0.455 e. The van der Waals surface area contributed by atoms with Gasteiger partial charge in [0.15, 0.2) is 0 Å². The van der Waals surface area contributed by atoms with Gasteiger partial charge >= 0.3 is 0 Å². The van der Waals surface area contributed by atoms with Crippen molar-refractivity contribution >= 4 is 26.7 Å². The van der Waals surface area contributed by atoms with Gasteiger partial charge in [0.1, 0.15) is 23.0 Å². The number of nitrogens with one attached hydrogen (secondary N) is 1. The largest absolute Gasteiger partial charge is 0.455 e. The monoisotopic (exact) mass is 501 g/mol. The maximum absolute atomic E-state index is 13.7. The molecule has 0 saturated heterocycles. The summed E-state index contributed by atoms with van der Waals surface area (Å²) in [5.74, 6) is -3.11. The second-order valence-corrected chi connectivity index (χ2v) is 11.3. The maximum Gasteiger partial charge on any atom is 0.253 e. The van der Waals surface area contributed by atoms with Gasteiger partial charge in [-0.1, -0.05) is 0 Å². The van der Waals surface area contributed by atoms with Gasteiger partial charge in [0.25, 0.3) is 5.92 Å². The van der Waals surface area contributed by atoms with E-state index in [1.165, 1.54) is 12.1 Å². The number of furan rings is 1. The van der Waals surface area contributed by atoms with E-state index >= 15 is 0 Å². The molecule has 10 heteroatoms. The molecule has 0 spiro atoms. The number of anilines is 1. The number of H-pyrrole nitrogens is 1. The maximum atomic E-state index is 13.7. The fourth-order valence-corrected chi connectivity index (χ4v) is 5.57. The van der Waals surface area contributed by atoms with E-state index in [1.54, 1.807) is 30.6 Å². The average molecular weight is 502 g/mol. The van der Waals surface area contributed by atoms with Crippen molar-refractivity contribution < 1.29 is 26.0 Å². The molecule has 0 radical (unpaired) electrons. The van der Waals surface area contributed by atoms with E-state index in [0.717, 1.165) is 34.4 Å². The first-order valence-electron chi connectivity index (χ1n) is 11.3. The van der Waals surface area contributed by atoms with Crippen molar-refractivity contribution in [1.29, 1.82) is 0 Å². The van der Waals surface area contributed by atoms with Crippen LogP contribution in [-0.2, 0) is 10.0 Å². The number of alkyl halides is 2. The topological polar surface area (TPSA) is 79.2 Å². The number of hydrogen-bond donors (Lipinski definition) is 1. The predicted molar refractivity (Wildman–Crippen MR) is 126 cm³/mol. The summed E-state index contributed by atoms with van der Waals surface area (Å²) in [5.41, 5.74) is 2.85. The lowest BCUT2D eigenvalue weighted by Gasteiger charge is -2.25. The van der Waals surface area contributed by atoms with Crippen LogP contribution in [-0.4, -0.2) is 37.1 Å². The highest BCUT2D eigenvalue weighted by molar-refractivity contribution is 7.92. The molecule has 0 aliphatic heterocycles. The van der Waals surface area contributed by atoms with Gasteiger partial charge in [-0.15, -0.1) is 0 Å². The summed E-state index contributed by atoms with van der Waals surface area (Å²) in [6.45, 7) is -0.284. The number of imidazole rings is 1. The zero-order valence-corrected chi connectivity index (χ0v) is 19.6. The Morgan fingerprint density at radius 2 is 1.91 bits per heavy atom. The second-order valence-electron chi connectivity index (χ2n) is 9.39. The quantitative estimate of drug-likeness (QED) is 0.341. The Morgan fingerprint density at radius 1 is 1.20 bits per heavy atom. The first kappa shape index (κ1) is 22.2. The molecule has 2 aliphatic rings. The van der Waals surface area contributed by atoms with Gasteiger partial charge in [-0.3, -0.25) is 4.31 Å². The van der Waals surface area contributed by atoms with E-state index in [2.05, 4.69) is 9.97 Å². The zero-order chi connectivity index (χ0) is 24.5. The normalized spacial score (nSPS) is 19.3. The zero-order valence-electron chi connectivity index (χ0n) is 18.8. The van der Waals surface area contributed by atoms with Crippen molar-refractivity contribution in [3.63, 3.8) is 0 Å². The van der Waals surface area contributed by atoms with Crippen LogP contribution in [0, 0.1) is 11.7 Å². The number of benzene rings is 2. The van der Waals surface area contributed by atoms with Crippen molar-refractivity contribution in [1.82, 2.24) is 9.97 Å². The molecule has 6 nitrogen and oxygen atoms in total. The molecule has 2 fully saturated rings. The molecule has 1 unspecified atom stereocenters. The van der Waals surface area contributed by atoms with Crippen LogP contribution < -0.4 is 4.31 Å². The third-order valence-corrected chi connectivity index (χ3v) is 7.85. The fourth-order valence-electron chi connectivity index (χ4n) is 4.61. The van der Waals surface area contributed by atoms with Gasteiger partial charge < -0.3 is 9.40 Å². The van der Waals surface area contributed by atoms with E-state index in [0.29, 0.717) is 34.0 Å². The standard InChI is InChI=1S/C25H22F3N3O3S/c1-35(32,33)31(13-16-12-25(16,27)28)20-11-21-19(10-18(20)14-2-3-14)22(24-29-8-9-30-24)23(34-21)15-4-6-17(26)7-5-15/h4-11,14,16H,2-3,12-13H2,1H3,(H,29,30). The van der Waals surface area contributed by atoms with Crippen LogP contribution >= 0.6 is 0 Å². The highest BCUT2D eigenvalue weighted by atomic mass is 32.2.